The number of nitrogens with one attached hydrogen (secondary N) is 3. The van der Waals surface area contributed by atoms with E-state index in [0.29, 0.717) is 18.3 Å². The van der Waals surface area contributed by atoms with E-state index < -0.39 is 10.8 Å². The van der Waals surface area contributed by atoms with Gasteiger partial charge in [0.15, 0.2) is 5.96 Å². The zero-order valence-corrected chi connectivity index (χ0v) is 17.6. The van der Waals surface area contributed by atoms with E-state index in [2.05, 4.69) is 20.9 Å². The maximum atomic E-state index is 12.3. The van der Waals surface area contributed by atoms with E-state index in [1.807, 2.05) is 27.7 Å². The zero-order valence-electron chi connectivity index (χ0n) is 16.8. The molecule has 2 rings (SSSR count). The monoisotopic (exact) mass is 384 g/mol. The molecule has 0 saturated heterocycles. The summed E-state index contributed by atoms with van der Waals surface area (Å²) in [6.07, 6.45) is 6.23. The van der Waals surface area contributed by atoms with Crippen LogP contribution in [0.25, 0.3) is 0 Å². The van der Waals surface area contributed by atoms with Gasteiger partial charge in [-0.15, -0.1) is 0 Å². The third kappa shape index (κ3) is 7.25. The van der Waals surface area contributed by atoms with Gasteiger partial charge in [0, 0.05) is 45.8 Å². The predicted molar refractivity (Wildman–Crippen MR) is 109 cm³/mol. The fourth-order valence-electron chi connectivity index (χ4n) is 3.17. The van der Waals surface area contributed by atoms with Gasteiger partial charge in [-0.3, -0.25) is 14.0 Å². The molecule has 3 atom stereocenters. The molecule has 0 aromatic heterocycles. The first-order valence-electron chi connectivity index (χ1n) is 10.0. The zero-order chi connectivity index (χ0) is 19.2. The van der Waals surface area contributed by atoms with Gasteiger partial charge < -0.3 is 16.0 Å². The Morgan fingerprint density at radius 2 is 1.85 bits per heavy atom. The molecule has 0 bridgehead atoms. The molecule has 0 aromatic rings. The normalized spacial score (nSPS) is 25.5. The highest BCUT2D eigenvalue weighted by Crippen LogP contribution is 2.26. The Bertz CT molecular complexity index is 526. The summed E-state index contributed by atoms with van der Waals surface area (Å²) in [5.41, 5.74) is 0. The molecule has 2 aliphatic carbocycles. The number of guanidine groups is 1. The third-order valence-electron chi connectivity index (χ3n) is 4.88. The van der Waals surface area contributed by atoms with E-state index in [1.165, 1.54) is 0 Å². The highest BCUT2D eigenvalue weighted by Gasteiger charge is 2.31. The molecule has 2 aliphatic rings. The Labute approximate surface area is 160 Å². The number of rotatable bonds is 7. The molecule has 3 unspecified atom stereocenters. The van der Waals surface area contributed by atoms with Crippen molar-refractivity contribution in [2.75, 3.05) is 18.8 Å². The van der Waals surface area contributed by atoms with E-state index >= 15 is 0 Å². The number of hydrogen-bond donors (Lipinski definition) is 3. The maximum absolute atomic E-state index is 12.3. The largest absolute Gasteiger partial charge is 0.357 e. The Balaban J connectivity index is 1.83. The second-order valence-corrected chi connectivity index (χ2v) is 10.7. The van der Waals surface area contributed by atoms with Crippen molar-refractivity contribution in [2.24, 2.45) is 10.9 Å². The Morgan fingerprint density at radius 3 is 2.46 bits per heavy atom. The highest BCUT2D eigenvalue weighted by atomic mass is 32.2. The molecule has 1 amide bonds. The first-order chi connectivity index (χ1) is 12.3. The van der Waals surface area contributed by atoms with Crippen molar-refractivity contribution in [2.45, 2.75) is 83.1 Å². The average molecular weight is 385 g/mol. The predicted octanol–water partition coefficient (Wildman–Crippen LogP) is 1.93. The van der Waals surface area contributed by atoms with Crippen LogP contribution in [-0.2, 0) is 15.6 Å². The van der Waals surface area contributed by atoms with Gasteiger partial charge >= 0.3 is 0 Å². The molecule has 6 nitrogen and oxygen atoms in total. The van der Waals surface area contributed by atoms with Crippen molar-refractivity contribution in [1.82, 2.24) is 16.0 Å². The van der Waals surface area contributed by atoms with Gasteiger partial charge in [0.1, 0.15) is 0 Å². The second kappa shape index (κ2) is 9.72. The number of hydrogen-bond acceptors (Lipinski definition) is 3. The summed E-state index contributed by atoms with van der Waals surface area (Å²) in [5, 5.41) is 9.89. The van der Waals surface area contributed by atoms with Crippen LogP contribution in [0.3, 0.4) is 0 Å². The number of carbonyl (C=O) groups is 1. The van der Waals surface area contributed by atoms with Gasteiger partial charge in [-0.1, -0.05) is 6.42 Å². The van der Waals surface area contributed by atoms with Crippen molar-refractivity contribution in [3.8, 4) is 0 Å². The molecule has 0 spiro atoms. The lowest BCUT2D eigenvalue weighted by Crippen LogP contribution is -2.47. The smallest absolute Gasteiger partial charge is 0.223 e. The molecule has 2 fully saturated rings. The van der Waals surface area contributed by atoms with Crippen molar-refractivity contribution in [3.63, 3.8) is 0 Å². The standard InChI is InChI=1S/C19H36N4O2S/c1-5-20-18(21-11-12-26(25)19(2,3)4)23-16-8-6-7-14(13-16)17(24)22-15-9-10-15/h14-16H,5-13H2,1-4H3,(H,22,24)(H2,20,21,23). The summed E-state index contributed by atoms with van der Waals surface area (Å²) in [5.74, 6) is 1.67. The third-order valence-corrected chi connectivity index (χ3v) is 6.80. The van der Waals surface area contributed by atoms with E-state index in [0.717, 1.165) is 51.0 Å². The maximum Gasteiger partial charge on any atom is 0.223 e. The van der Waals surface area contributed by atoms with Gasteiger partial charge in [0.05, 0.1) is 6.54 Å². The molecule has 0 aliphatic heterocycles. The van der Waals surface area contributed by atoms with Gasteiger partial charge in [0.25, 0.3) is 0 Å². The minimum absolute atomic E-state index is 0.109. The van der Waals surface area contributed by atoms with Gasteiger partial charge in [0.2, 0.25) is 5.91 Å². The van der Waals surface area contributed by atoms with Crippen molar-refractivity contribution >= 4 is 22.7 Å². The minimum atomic E-state index is -0.892. The Morgan fingerprint density at radius 1 is 1.12 bits per heavy atom. The summed E-state index contributed by atoms with van der Waals surface area (Å²) in [4.78, 5) is 16.9. The molecule has 0 radical (unpaired) electrons. The van der Waals surface area contributed by atoms with Gasteiger partial charge in [-0.25, -0.2) is 0 Å². The Kier molecular flexibility index (Phi) is 7.92. The van der Waals surface area contributed by atoms with Crippen LogP contribution in [0.15, 0.2) is 4.99 Å². The van der Waals surface area contributed by atoms with Crippen molar-refractivity contribution < 1.29 is 9.00 Å². The molecular weight excluding hydrogens is 348 g/mol. The molecule has 2 saturated carbocycles. The van der Waals surface area contributed by atoms with Crippen LogP contribution in [0.5, 0.6) is 0 Å². The molecular formula is C19H36N4O2S. The summed E-state index contributed by atoms with van der Waals surface area (Å²) < 4.78 is 12.0. The molecule has 3 N–H and O–H groups in total. The lowest BCUT2D eigenvalue weighted by atomic mass is 9.85. The van der Waals surface area contributed by atoms with Crippen LogP contribution in [-0.4, -0.2) is 51.7 Å². The summed E-state index contributed by atoms with van der Waals surface area (Å²) in [7, 11) is -0.892. The van der Waals surface area contributed by atoms with Crippen LogP contribution >= 0.6 is 0 Å². The van der Waals surface area contributed by atoms with Crippen molar-refractivity contribution in [1.29, 1.82) is 0 Å². The summed E-state index contributed by atoms with van der Waals surface area (Å²) in [6, 6.07) is 0.697. The van der Waals surface area contributed by atoms with Crippen LogP contribution in [0.2, 0.25) is 0 Å². The molecule has 7 heteroatoms. The second-order valence-electron chi connectivity index (χ2n) is 8.41. The van der Waals surface area contributed by atoms with E-state index in [-0.39, 0.29) is 22.6 Å². The minimum Gasteiger partial charge on any atom is -0.357 e. The van der Waals surface area contributed by atoms with Gasteiger partial charge in [-0.2, -0.15) is 0 Å². The summed E-state index contributed by atoms with van der Waals surface area (Å²) in [6.45, 7) is 9.34. The van der Waals surface area contributed by atoms with Crippen LogP contribution in [0, 0.1) is 5.92 Å². The molecule has 0 heterocycles. The van der Waals surface area contributed by atoms with Crippen LogP contribution in [0.4, 0.5) is 0 Å². The van der Waals surface area contributed by atoms with Crippen molar-refractivity contribution in [3.05, 3.63) is 0 Å². The number of amides is 1. The number of aliphatic imine (C=N–C) groups is 1. The van der Waals surface area contributed by atoms with Crippen LogP contribution in [0.1, 0.15) is 66.2 Å². The number of nitrogens with zero attached hydrogens (tertiary/aromatic N) is 1. The SMILES string of the molecule is CCNC(=NCCS(=O)C(C)(C)C)NC1CCCC(C(=O)NC2CC2)C1. The fraction of sp³-hybridized carbons (Fsp3) is 0.895. The van der Waals surface area contributed by atoms with Gasteiger partial charge in [-0.05, 0) is 59.8 Å². The van der Waals surface area contributed by atoms with E-state index in [1.54, 1.807) is 0 Å². The van der Waals surface area contributed by atoms with Crippen LogP contribution < -0.4 is 16.0 Å². The topological polar surface area (TPSA) is 82.6 Å². The fourth-order valence-corrected chi connectivity index (χ4v) is 4.04. The molecule has 26 heavy (non-hydrogen) atoms. The van der Waals surface area contributed by atoms with E-state index in [9.17, 15) is 9.00 Å². The lowest BCUT2D eigenvalue weighted by molar-refractivity contribution is -0.126. The quantitative estimate of drug-likeness (QED) is 0.463. The first kappa shape index (κ1) is 21.2. The summed E-state index contributed by atoms with van der Waals surface area (Å²) >= 11 is 0. The number of carbonyl (C=O) groups excluding carboxylic acids is 1. The molecule has 0 aromatic carbocycles. The lowest BCUT2D eigenvalue weighted by Gasteiger charge is -2.30. The van der Waals surface area contributed by atoms with E-state index in [4.69, 9.17) is 0 Å². The highest BCUT2D eigenvalue weighted by molar-refractivity contribution is 7.86. The average Bonchev–Trinajstić information content (AvgIpc) is 3.38. The first-order valence-corrected chi connectivity index (χ1v) is 11.3. The molecule has 150 valence electrons. The Hall–Kier alpha value is -1.11.